The fourth-order valence-electron chi connectivity index (χ4n) is 1.92. The van der Waals surface area contributed by atoms with Crippen molar-refractivity contribution in [1.82, 2.24) is 4.90 Å². The van der Waals surface area contributed by atoms with E-state index in [0.717, 1.165) is 32.0 Å². The van der Waals surface area contributed by atoms with Gasteiger partial charge in [-0.05, 0) is 38.1 Å². The first kappa shape index (κ1) is 12.5. The summed E-state index contributed by atoms with van der Waals surface area (Å²) >= 11 is 0. The van der Waals surface area contributed by atoms with Crippen LogP contribution >= 0.6 is 0 Å². The number of carboxylic acids is 1. The highest BCUT2D eigenvalue weighted by atomic mass is 16.4. The molecule has 0 heterocycles. The molecule has 1 saturated carbocycles. The summed E-state index contributed by atoms with van der Waals surface area (Å²) in [6, 6.07) is 0.803. The van der Waals surface area contributed by atoms with Crippen molar-refractivity contribution < 1.29 is 9.90 Å². The number of unbranched alkanes of at least 4 members (excludes halogenated alkanes) is 1. The van der Waals surface area contributed by atoms with Crippen molar-refractivity contribution in [2.75, 3.05) is 13.1 Å². The monoisotopic (exact) mass is 213 g/mol. The lowest BCUT2D eigenvalue weighted by molar-refractivity contribution is -0.137. The zero-order chi connectivity index (χ0) is 11.3. The van der Waals surface area contributed by atoms with Gasteiger partial charge in [0.15, 0.2) is 0 Å². The van der Waals surface area contributed by atoms with E-state index < -0.39 is 5.97 Å². The highest BCUT2D eigenvalue weighted by Gasteiger charge is 2.28. The molecule has 0 unspecified atom stereocenters. The molecular weight excluding hydrogens is 190 g/mol. The molecule has 0 aromatic heterocycles. The fraction of sp³-hybridized carbons (Fsp3) is 0.917. The largest absolute Gasteiger partial charge is 0.481 e. The Morgan fingerprint density at radius 2 is 2.07 bits per heavy atom. The maximum atomic E-state index is 10.4. The molecule has 0 bridgehead atoms. The van der Waals surface area contributed by atoms with Gasteiger partial charge in [0.1, 0.15) is 0 Å². The molecule has 1 N–H and O–H groups in total. The molecule has 1 aliphatic carbocycles. The van der Waals surface area contributed by atoms with Crippen LogP contribution in [0.4, 0.5) is 0 Å². The van der Waals surface area contributed by atoms with Crippen molar-refractivity contribution in [3.05, 3.63) is 0 Å². The molecule has 0 aliphatic heterocycles. The molecule has 88 valence electrons. The quantitative estimate of drug-likeness (QED) is 0.629. The topological polar surface area (TPSA) is 40.5 Å². The molecule has 3 heteroatoms. The first-order valence-corrected chi connectivity index (χ1v) is 6.05. The zero-order valence-electron chi connectivity index (χ0n) is 9.91. The van der Waals surface area contributed by atoms with E-state index >= 15 is 0 Å². The van der Waals surface area contributed by atoms with Crippen LogP contribution in [0.15, 0.2) is 0 Å². The van der Waals surface area contributed by atoms with Crippen LogP contribution in [0.5, 0.6) is 0 Å². The number of aliphatic carboxylic acids is 1. The number of hydrogen-bond donors (Lipinski definition) is 1. The van der Waals surface area contributed by atoms with Gasteiger partial charge in [-0.25, -0.2) is 0 Å². The second-order valence-electron chi connectivity index (χ2n) is 4.97. The van der Waals surface area contributed by atoms with Gasteiger partial charge in [0.2, 0.25) is 0 Å². The lowest BCUT2D eigenvalue weighted by atomic mass is 10.2. The van der Waals surface area contributed by atoms with Crippen LogP contribution in [-0.4, -0.2) is 35.1 Å². The molecule has 1 fully saturated rings. The van der Waals surface area contributed by atoms with E-state index in [1.54, 1.807) is 0 Å². The van der Waals surface area contributed by atoms with Crippen LogP contribution in [0.25, 0.3) is 0 Å². The average Bonchev–Trinajstić information content (AvgIpc) is 2.92. The van der Waals surface area contributed by atoms with Crippen LogP contribution in [0, 0.1) is 5.92 Å². The van der Waals surface area contributed by atoms with Crippen LogP contribution < -0.4 is 0 Å². The zero-order valence-corrected chi connectivity index (χ0v) is 9.91. The standard InChI is InChI=1S/C12H23NO2/c1-10(2)9-13(11-6-7-11)8-4-3-5-12(14)15/h10-11H,3-9H2,1-2H3,(H,14,15). The number of carbonyl (C=O) groups is 1. The highest BCUT2D eigenvalue weighted by Crippen LogP contribution is 2.27. The lowest BCUT2D eigenvalue weighted by Crippen LogP contribution is -2.31. The minimum absolute atomic E-state index is 0.320. The minimum atomic E-state index is -0.670. The van der Waals surface area contributed by atoms with E-state index in [4.69, 9.17) is 5.11 Å². The van der Waals surface area contributed by atoms with E-state index in [1.807, 2.05) is 0 Å². The summed E-state index contributed by atoms with van der Waals surface area (Å²) in [6.07, 6.45) is 4.84. The average molecular weight is 213 g/mol. The Balaban J connectivity index is 2.11. The van der Waals surface area contributed by atoms with Crippen LogP contribution in [0.1, 0.15) is 46.0 Å². The van der Waals surface area contributed by atoms with Crippen LogP contribution in [0.2, 0.25) is 0 Å². The summed E-state index contributed by atoms with van der Waals surface area (Å²) in [7, 11) is 0. The van der Waals surface area contributed by atoms with Gasteiger partial charge >= 0.3 is 5.97 Å². The van der Waals surface area contributed by atoms with Gasteiger partial charge in [0, 0.05) is 19.0 Å². The molecule has 1 aliphatic rings. The third-order valence-corrected chi connectivity index (χ3v) is 2.75. The molecule has 0 aromatic rings. The summed E-state index contributed by atoms with van der Waals surface area (Å²) in [5.41, 5.74) is 0. The van der Waals surface area contributed by atoms with Crippen molar-refractivity contribution in [2.24, 2.45) is 5.92 Å². The third-order valence-electron chi connectivity index (χ3n) is 2.75. The van der Waals surface area contributed by atoms with Crippen molar-refractivity contribution in [3.8, 4) is 0 Å². The number of rotatable bonds is 8. The molecule has 1 rings (SSSR count). The van der Waals surface area contributed by atoms with Gasteiger partial charge in [-0.3, -0.25) is 4.79 Å². The molecular formula is C12H23NO2. The molecule has 0 spiro atoms. The maximum absolute atomic E-state index is 10.4. The van der Waals surface area contributed by atoms with E-state index in [2.05, 4.69) is 18.7 Å². The van der Waals surface area contributed by atoms with E-state index in [-0.39, 0.29) is 0 Å². The van der Waals surface area contributed by atoms with Gasteiger partial charge in [0.05, 0.1) is 0 Å². The fourth-order valence-corrected chi connectivity index (χ4v) is 1.92. The van der Waals surface area contributed by atoms with Crippen LogP contribution in [-0.2, 0) is 4.79 Å². The molecule has 0 saturated heterocycles. The SMILES string of the molecule is CC(C)CN(CCCCC(=O)O)C1CC1. The van der Waals surface area contributed by atoms with Crippen molar-refractivity contribution in [3.63, 3.8) is 0 Å². The Bertz CT molecular complexity index is 200. The summed E-state index contributed by atoms with van der Waals surface area (Å²) in [6.45, 7) is 6.73. The van der Waals surface area contributed by atoms with Crippen molar-refractivity contribution >= 4 is 5.97 Å². The van der Waals surface area contributed by atoms with Crippen LogP contribution in [0.3, 0.4) is 0 Å². The van der Waals surface area contributed by atoms with Gasteiger partial charge in [-0.2, -0.15) is 0 Å². The van der Waals surface area contributed by atoms with Gasteiger partial charge in [0.25, 0.3) is 0 Å². The Morgan fingerprint density at radius 1 is 1.40 bits per heavy atom. The molecule has 15 heavy (non-hydrogen) atoms. The summed E-state index contributed by atoms with van der Waals surface area (Å²) in [5.74, 6) is 0.0434. The van der Waals surface area contributed by atoms with E-state index in [9.17, 15) is 4.79 Å². The number of carboxylic acid groups (broad SMARTS) is 1. The van der Waals surface area contributed by atoms with Crippen molar-refractivity contribution in [1.29, 1.82) is 0 Å². The Hall–Kier alpha value is -0.570. The first-order chi connectivity index (χ1) is 7.09. The third kappa shape index (κ3) is 5.78. The second kappa shape index (κ2) is 6.11. The number of nitrogens with zero attached hydrogens (tertiary/aromatic N) is 1. The Labute approximate surface area is 92.5 Å². The second-order valence-corrected chi connectivity index (χ2v) is 4.97. The van der Waals surface area contributed by atoms with Crippen molar-refractivity contribution in [2.45, 2.75) is 52.0 Å². The smallest absolute Gasteiger partial charge is 0.303 e. The minimum Gasteiger partial charge on any atom is -0.481 e. The molecule has 3 nitrogen and oxygen atoms in total. The van der Waals surface area contributed by atoms with E-state index in [0.29, 0.717) is 12.3 Å². The molecule has 0 radical (unpaired) electrons. The van der Waals surface area contributed by atoms with Gasteiger partial charge in [-0.1, -0.05) is 13.8 Å². The van der Waals surface area contributed by atoms with Gasteiger partial charge in [-0.15, -0.1) is 0 Å². The molecule has 0 aromatic carbocycles. The summed E-state index contributed by atoms with van der Waals surface area (Å²) < 4.78 is 0. The van der Waals surface area contributed by atoms with E-state index in [1.165, 1.54) is 12.8 Å². The predicted molar refractivity (Wildman–Crippen MR) is 60.9 cm³/mol. The lowest BCUT2D eigenvalue weighted by Gasteiger charge is -2.23. The summed E-state index contributed by atoms with van der Waals surface area (Å²) in [4.78, 5) is 12.9. The molecule has 0 atom stereocenters. The normalized spacial score (nSPS) is 16.3. The summed E-state index contributed by atoms with van der Waals surface area (Å²) in [5, 5.41) is 8.53. The Morgan fingerprint density at radius 3 is 2.53 bits per heavy atom. The first-order valence-electron chi connectivity index (χ1n) is 6.05. The highest BCUT2D eigenvalue weighted by molar-refractivity contribution is 5.66. The predicted octanol–water partition coefficient (Wildman–Crippen LogP) is 2.36. The Kier molecular flexibility index (Phi) is 5.09. The van der Waals surface area contributed by atoms with Gasteiger partial charge < -0.3 is 10.0 Å². The molecule has 0 amide bonds. The number of hydrogen-bond acceptors (Lipinski definition) is 2. The maximum Gasteiger partial charge on any atom is 0.303 e.